The van der Waals surface area contributed by atoms with E-state index < -0.39 is 83.3 Å². The Morgan fingerprint density at radius 1 is 0.729 bits per heavy atom. The molecule has 3 aliphatic heterocycles. The summed E-state index contributed by atoms with van der Waals surface area (Å²) in [5.74, 6) is 0.227. The van der Waals surface area contributed by atoms with Gasteiger partial charge in [0.1, 0.15) is 18.0 Å². The summed E-state index contributed by atoms with van der Waals surface area (Å²) in [7, 11) is 1.33. The predicted octanol–water partition coefficient (Wildman–Crippen LogP) is 8.98. The van der Waals surface area contributed by atoms with Crippen LogP contribution in [0.4, 0.5) is 49.1 Å². The number of methoxy groups -OCH3 is 1. The highest BCUT2D eigenvalue weighted by atomic mass is 19.4. The van der Waals surface area contributed by atoms with Gasteiger partial charge in [0, 0.05) is 5.56 Å². The van der Waals surface area contributed by atoms with E-state index in [-0.39, 0.29) is 41.3 Å². The maximum atomic E-state index is 14.0. The molecule has 0 saturated carbocycles. The maximum absolute atomic E-state index is 14.0. The Morgan fingerprint density at radius 2 is 1.38 bits per heavy atom. The number of ether oxygens (including phenoxy) is 3. The van der Waals surface area contributed by atoms with E-state index in [2.05, 4.69) is 5.32 Å². The van der Waals surface area contributed by atoms with Crippen LogP contribution in [0.5, 0.6) is 5.75 Å². The summed E-state index contributed by atoms with van der Waals surface area (Å²) in [5, 5.41) is 2.60. The second-order valence-corrected chi connectivity index (χ2v) is 11.7. The number of nitrogens with one attached hydrogen (secondary N) is 1. The van der Waals surface area contributed by atoms with Gasteiger partial charge in [-0.1, -0.05) is 12.1 Å². The highest BCUT2D eigenvalue weighted by Gasteiger charge is 2.52. The summed E-state index contributed by atoms with van der Waals surface area (Å²) in [6.45, 7) is 1.69. The van der Waals surface area contributed by atoms with Gasteiger partial charge in [-0.25, -0.2) is 9.59 Å². The molecule has 256 valence electrons. The van der Waals surface area contributed by atoms with Crippen molar-refractivity contribution >= 4 is 12.2 Å². The Morgan fingerprint density at radius 3 is 1.94 bits per heavy atom. The third kappa shape index (κ3) is 5.96. The Labute approximate surface area is 266 Å². The van der Waals surface area contributed by atoms with Crippen LogP contribution in [-0.2, 0) is 28.0 Å². The van der Waals surface area contributed by atoms with Gasteiger partial charge in [0.25, 0.3) is 0 Å². The molecule has 5 atom stereocenters. The third-order valence-corrected chi connectivity index (χ3v) is 8.77. The number of halogens is 9. The van der Waals surface area contributed by atoms with Gasteiger partial charge >= 0.3 is 30.7 Å². The van der Waals surface area contributed by atoms with Gasteiger partial charge in [-0.3, -0.25) is 4.90 Å². The lowest BCUT2D eigenvalue weighted by atomic mass is 9.89. The molecule has 3 aromatic rings. The van der Waals surface area contributed by atoms with Crippen molar-refractivity contribution in [1.82, 2.24) is 10.2 Å². The number of carbonyl (C=O) groups is 2. The van der Waals surface area contributed by atoms with Crippen LogP contribution in [0.1, 0.15) is 71.4 Å². The Hall–Kier alpha value is -4.63. The lowest BCUT2D eigenvalue weighted by molar-refractivity contribution is -0.143. The van der Waals surface area contributed by atoms with E-state index in [9.17, 15) is 49.1 Å². The van der Waals surface area contributed by atoms with Crippen molar-refractivity contribution in [2.45, 2.75) is 68.6 Å². The smallest absolute Gasteiger partial charge is 0.416 e. The molecule has 0 aliphatic carbocycles. The first-order chi connectivity index (χ1) is 22.4. The average Bonchev–Trinajstić information content (AvgIpc) is 3.69. The number of amides is 2. The molecular formula is C32H25F9N2O5. The van der Waals surface area contributed by atoms with Crippen molar-refractivity contribution in [3.63, 3.8) is 0 Å². The molecule has 2 amide bonds. The van der Waals surface area contributed by atoms with E-state index in [0.717, 1.165) is 17.0 Å². The second-order valence-electron chi connectivity index (χ2n) is 11.7. The minimum atomic E-state index is -5.15. The van der Waals surface area contributed by atoms with Crippen molar-refractivity contribution in [2.75, 3.05) is 7.11 Å². The van der Waals surface area contributed by atoms with Gasteiger partial charge in [0.2, 0.25) is 0 Å². The topological polar surface area (TPSA) is 77.1 Å². The largest absolute Gasteiger partial charge is 0.496 e. The zero-order valence-electron chi connectivity index (χ0n) is 24.9. The number of alkyl halides is 9. The molecule has 48 heavy (non-hydrogen) atoms. The molecule has 3 aromatic carbocycles. The Balaban J connectivity index is 1.45. The molecule has 16 heteroatoms. The maximum Gasteiger partial charge on any atom is 0.416 e. The molecule has 3 heterocycles. The van der Waals surface area contributed by atoms with Gasteiger partial charge in [-0.2, -0.15) is 39.5 Å². The third-order valence-electron chi connectivity index (χ3n) is 8.77. The molecule has 6 rings (SSSR count). The number of hydrogen-bond donors (Lipinski definition) is 1. The molecular weight excluding hydrogens is 663 g/mol. The number of alkyl carbamates (subject to hydrolysis) is 1. The van der Waals surface area contributed by atoms with Crippen molar-refractivity contribution in [3.05, 3.63) is 88.0 Å². The summed E-state index contributed by atoms with van der Waals surface area (Å²) in [6, 6.07) is 5.85. The fraction of sp³-hybridized carbons (Fsp3) is 0.375. The van der Waals surface area contributed by atoms with Gasteiger partial charge in [0.15, 0.2) is 0 Å². The lowest BCUT2D eigenvalue weighted by Gasteiger charge is -2.26. The Bertz CT molecular complexity index is 1740. The highest BCUT2D eigenvalue weighted by Crippen LogP contribution is 2.52. The van der Waals surface area contributed by atoms with Gasteiger partial charge in [-0.05, 0) is 84.5 Å². The normalized spacial score (nSPS) is 24.3. The van der Waals surface area contributed by atoms with Gasteiger partial charge in [0.05, 0.1) is 41.9 Å². The average molecular weight is 689 g/mol. The number of benzene rings is 3. The zero-order chi connectivity index (χ0) is 34.9. The SMILES string of the molecule is COc1ccc([C@H]2OC(=O)N[C@@H]2C)cc1-c1ccc(C(F)(F)F)cc1[C@@H]1CC[C@H]2[C@@H](c3cc(C(F)(F)F)cc(C(F)(F)F)c3)OC(=O)N12. The second kappa shape index (κ2) is 11.5. The number of rotatable bonds is 5. The van der Waals surface area contributed by atoms with Crippen LogP contribution in [0.25, 0.3) is 11.1 Å². The lowest BCUT2D eigenvalue weighted by Crippen LogP contribution is -2.31. The van der Waals surface area contributed by atoms with E-state index >= 15 is 0 Å². The highest BCUT2D eigenvalue weighted by molar-refractivity contribution is 5.78. The van der Waals surface area contributed by atoms with Crippen LogP contribution in [0.15, 0.2) is 54.6 Å². The number of carbonyl (C=O) groups excluding carboxylic acids is 2. The van der Waals surface area contributed by atoms with Crippen molar-refractivity contribution in [3.8, 4) is 16.9 Å². The number of fused-ring (bicyclic) bond motifs is 1. The molecule has 0 bridgehead atoms. The van der Waals surface area contributed by atoms with E-state index in [1.807, 2.05) is 0 Å². The molecule has 0 aromatic heterocycles. The zero-order valence-corrected chi connectivity index (χ0v) is 24.9. The van der Waals surface area contributed by atoms with Crippen LogP contribution in [0.3, 0.4) is 0 Å². The minimum absolute atomic E-state index is 0.00464. The molecule has 3 aliphatic rings. The van der Waals surface area contributed by atoms with Crippen LogP contribution in [0, 0.1) is 0 Å². The monoisotopic (exact) mass is 688 g/mol. The molecule has 0 unspecified atom stereocenters. The van der Waals surface area contributed by atoms with Crippen molar-refractivity contribution in [1.29, 1.82) is 0 Å². The first-order valence-corrected chi connectivity index (χ1v) is 14.5. The van der Waals surface area contributed by atoms with Gasteiger partial charge < -0.3 is 19.5 Å². The van der Waals surface area contributed by atoms with E-state index in [4.69, 9.17) is 14.2 Å². The summed E-state index contributed by atoms with van der Waals surface area (Å²) in [6.07, 6.45) is -19.2. The van der Waals surface area contributed by atoms with E-state index in [0.29, 0.717) is 17.7 Å². The molecule has 7 nitrogen and oxygen atoms in total. The number of nitrogens with zero attached hydrogens (tertiary/aromatic N) is 1. The van der Waals surface area contributed by atoms with Crippen molar-refractivity contribution in [2.24, 2.45) is 0 Å². The van der Waals surface area contributed by atoms with Crippen LogP contribution in [-0.4, -0.2) is 36.3 Å². The van der Waals surface area contributed by atoms with Crippen LogP contribution in [0.2, 0.25) is 0 Å². The van der Waals surface area contributed by atoms with E-state index in [1.54, 1.807) is 19.1 Å². The summed E-state index contributed by atoms with van der Waals surface area (Å²) < 4.78 is 140. The quantitative estimate of drug-likeness (QED) is 0.271. The summed E-state index contributed by atoms with van der Waals surface area (Å²) in [4.78, 5) is 26.2. The van der Waals surface area contributed by atoms with E-state index in [1.165, 1.54) is 19.2 Å². The molecule has 1 N–H and O–H groups in total. The number of hydrogen-bond acceptors (Lipinski definition) is 5. The fourth-order valence-corrected chi connectivity index (χ4v) is 6.63. The first kappa shape index (κ1) is 33.3. The minimum Gasteiger partial charge on any atom is -0.496 e. The fourth-order valence-electron chi connectivity index (χ4n) is 6.63. The Kier molecular flexibility index (Phi) is 7.98. The first-order valence-electron chi connectivity index (χ1n) is 14.5. The molecule has 0 radical (unpaired) electrons. The van der Waals surface area contributed by atoms with Gasteiger partial charge in [-0.15, -0.1) is 0 Å². The van der Waals surface area contributed by atoms with Crippen LogP contribution >= 0.6 is 0 Å². The standard InChI is InChI=1S/C32H25F9N2O5/c1-14-26(47-28(44)42-14)15-3-8-25(46-2)22(11-15)20-5-4-17(30(33,34)35)13-21(20)23-6-7-24-27(48-29(45)43(23)24)16-9-18(31(36,37)38)12-19(10-16)32(39,40)41/h3-5,8-14,23-24,26-27H,6-7H2,1-2H3,(H,42,44)/t14-,23+,24+,26+,27-/m1/s1. The van der Waals surface area contributed by atoms with Crippen LogP contribution < -0.4 is 10.1 Å². The molecule has 3 fully saturated rings. The van der Waals surface area contributed by atoms with Crippen molar-refractivity contribution < 1.29 is 63.3 Å². The molecule has 0 spiro atoms. The number of cyclic esters (lactones) is 2. The summed E-state index contributed by atoms with van der Waals surface area (Å²) in [5.41, 5.74) is -3.83. The molecule has 3 saturated heterocycles. The predicted molar refractivity (Wildman–Crippen MR) is 149 cm³/mol. The summed E-state index contributed by atoms with van der Waals surface area (Å²) >= 11 is 0.